The summed E-state index contributed by atoms with van der Waals surface area (Å²) < 4.78 is 24.9. The number of rotatable bonds is 3. The highest BCUT2D eigenvalue weighted by Gasteiger charge is 2.34. The summed E-state index contributed by atoms with van der Waals surface area (Å²) in [5, 5.41) is 0. The maximum atomic E-state index is 12.1. The molecule has 0 aliphatic carbocycles. The average molecular weight is 253 g/mol. The summed E-state index contributed by atoms with van der Waals surface area (Å²) in [6.07, 6.45) is 5.23. The van der Waals surface area contributed by atoms with Gasteiger partial charge < -0.3 is 0 Å². The number of nitrogens with one attached hydrogen (secondary N) is 2. The largest absolute Gasteiger partial charge is 0.226 e. The van der Waals surface area contributed by atoms with Crippen LogP contribution in [0.25, 0.3) is 0 Å². The summed E-state index contributed by atoms with van der Waals surface area (Å²) in [5.74, 6) is 0. The summed E-state index contributed by atoms with van der Waals surface area (Å²) in [4.78, 5) is 0. The fourth-order valence-corrected chi connectivity index (χ4v) is 5.46. The zero-order chi connectivity index (χ0) is 11.9. The maximum absolute atomic E-state index is 12.1. The fourth-order valence-electron chi connectivity index (χ4n) is 1.00. The van der Waals surface area contributed by atoms with Gasteiger partial charge in [0.1, 0.15) is 0 Å². The molecule has 1 saturated heterocycles. The molecule has 2 N–H and O–H groups in total. The predicted molar refractivity (Wildman–Crippen MR) is 69.4 cm³/mol. The summed E-state index contributed by atoms with van der Waals surface area (Å²) in [6.45, 7) is 7.95. The molecular formula is C9H23N3OS2. The molecule has 0 aromatic rings. The minimum atomic E-state index is -2.74. The van der Waals surface area contributed by atoms with E-state index in [0.717, 1.165) is 19.5 Å². The van der Waals surface area contributed by atoms with Gasteiger partial charge in [-0.1, -0.05) is 20.8 Å². The van der Waals surface area contributed by atoms with Crippen LogP contribution in [0.4, 0.5) is 0 Å². The van der Waals surface area contributed by atoms with Gasteiger partial charge in [0.2, 0.25) is 0 Å². The van der Waals surface area contributed by atoms with Crippen molar-refractivity contribution in [1.82, 2.24) is 8.43 Å². The maximum Gasteiger partial charge on any atom is 0.180 e. The van der Waals surface area contributed by atoms with Crippen LogP contribution >= 0.6 is 10.2 Å². The van der Waals surface area contributed by atoms with Crippen LogP contribution in [0.5, 0.6) is 0 Å². The van der Waals surface area contributed by atoms with Crippen molar-refractivity contribution < 1.29 is 4.21 Å². The first-order chi connectivity index (χ1) is 6.56. The molecule has 0 spiro atoms. The summed E-state index contributed by atoms with van der Waals surface area (Å²) in [5.41, 5.74) is 0. The molecule has 0 aromatic carbocycles. The summed E-state index contributed by atoms with van der Waals surface area (Å²) in [6, 6.07) is 0. The Balaban J connectivity index is 2.76. The molecule has 4 nitrogen and oxygen atoms in total. The zero-order valence-corrected chi connectivity index (χ0v) is 11.9. The Morgan fingerprint density at radius 1 is 1.27 bits per heavy atom. The van der Waals surface area contributed by atoms with Crippen molar-refractivity contribution in [3.8, 4) is 0 Å². The highest BCUT2D eigenvalue weighted by molar-refractivity contribution is 8.36. The van der Waals surface area contributed by atoms with Gasteiger partial charge in [-0.05, 0) is 18.9 Å². The molecule has 1 unspecified atom stereocenters. The molecule has 0 bridgehead atoms. The Hall–Kier alpha value is 0.220. The molecule has 1 rings (SSSR count). The second kappa shape index (κ2) is 3.91. The van der Waals surface area contributed by atoms with E-state index in [1.54, 1.807) is 4.31 Å². The highest BCUT2D eigenvalue weighted by atomic mass is 32.3. The Morgan fingerprint density at radius 3 is 2.00 bits per heavy atom. The lowest BCUT2D eigenvalue weighted by Crippen LogP contribution is -2.50. The van der Waals surface area contributed by atoms with Gasteiger partial charge in [-0.25, -0.2) is 13.3 Å². The van der Waals surface area contributed by atoms with Crippen molar-refractivity contribution in [3.63, 3.8) is 0 Å². The summed E-state index contributed by atoms with van der Waals surface area (Å²) >= 11 is 0. The minimum Gasteiger partial charge on any atom is -0.226 e. The van der Waals surface area contributed by atoms with Crippen LogP contribution in [0.2, 0.25) is 0 Å². The molecule has 0 saturated carbocycles. The Kier molecular flexibility index (Phi) is 3.46. The van der Waals surface area contributed by atoms with Crippen molar-refractivity contribution in [2.45, 2.75) is 31.9 Å². The number of nitrogens with zero attached hydrogens (tertiary/aromatic N) is 1. The SMILES string of the molecule is CC(C)(C)S(C)(C)NS(=N)(=O)N1CCC1. The molecule has 1 aliphatic heterocycles. The first-order valence-corrected chi connectivity index (χ1v) is 9.08. The first-order valence-electron chi connectivity index (χ1n) is 5.11. The Morgan fingerprint density at radius 2 is 1.73 bits per heavy atom. The van der Waals surface area contributed by atoms with Crippen LogP contribution in [0.1, 0.15) is 27.2 Å². The van der Waals surface area contributed by atoms with Gasteiger partial charge in [0, 0.05) is 17.8 Å². The highest BCUT2D eigenvalue weighted by Crippen LogP contribution is 2.50. The molecule has 1 fully saturated rings. The van der Waals surface area contributed by atoms with E-state index in [9.17, 15) is 4.21 Å². The molecule has 1 aliphatic rings. The molecule has 15 heavy (non-hydrogen) atoms. The van der Waals surface area contributed by atoms with Crippen LogP contribution in [0, 0.1) is 4.78 Å². The van der Waals surface area contributed by atoms with Gasteiger partial charge in [-0.2, -0.15) is 14.3 Å². The molecule has 0 amide bonds. The van der Waals surface area contributed by atoms with Crippen LogP contribution < -0.4 is 4.13 Å². The standard InChI is InChI=1S/C9H23N3OS2/c1-9(2,3)14(4,5)11-15(10,13)12-7-6-8-12/h6-8H2,1-5H3,(H2,10,11,13). The van der Waals surface area contributed by atoms with E-state index >= 15 is 0 Å². The van der Waals surface area contributed by atoms with Crippen molar-refractivity contribution in [2.75, 3.05) is 25.6 Å². The quantitative estimate of drug-likeness (QED) is 0.793. The minimum absolute atomic E-state index is 0.0571. The average Bonchev–Trinajstić information content (AvgIpc) is 1.73. The van der Waals surface area contributed by atoms with Gasteiger partial charge in [0.25, 0.3) is 0 Å². The topological polar surface area (TPSA) is 56.2 Å². The lowest BCUT2D eigenvalue weighted by molar-refractivity contribution is 0.321. The van der Waals surface area contributed by atoms with Gasteiger partial charge in [-0.15, -0.1) is 0 Å². The Labute approximate surface area is 95.5 Å². The predicted octanol–water partition coefficient (Wildman–Crippen LogP) is 1.94. The van der Waals surface area contributed by atoms with Gasteiger partial charge in [0.05, 0.1) is 0 Å². The third kappa shape index (κ3) is 2.87. The van der Waals surface area contributed by atoms with E-state index in [2.05, 4.69) is 37.4 Å². The number of hydrogen-bond donors (Lipinski definition) is 2. The molecule has 0 aromatic heterocycles. The molecular weight excluding hydrogens is 230 g/mol. The van der Waals surface area contributed by atoms with E-state index in [4.69, 9.17) is 4.78 Å². The molecule has 6 heteroatoms. The van der Waals surface area contributed by atoms with E-state index in [-0.39, 0.29) is 4.75 Å². The molecule has 0 radical (unpaired) electrons. The van der Waals surface area contributed by atoms with E-state index in [0.29, 0.717) is 0 Å². The van der Waals surface area contributed by atoms with Crippen molar-refractivity contribution in [2.24, 2.45) is 0 Å². The first kappa shape index (κ1) is 13.3. The second-order valence-corrected chi connectivity index (χ2v) is 11.4. The van der Waals surface area contributed by atoms with Gasteiger partial charge in [-0.3, -0.25) is 0 Å². The third-order valence-electron chi connectivity index (χ3n) is 3.03. The summed E-state index contributed by atoms with van der Waals surface area (Å²) in [7, 11) is -3.98. The lowest BCUT2D eigenvalue weighted by Gasteiger charge is -2.47. The van der Waals surface area contributed by atoms with Crippen molar-refractivity contribution >= 4 is 20.3 Å². The molecule has 1 atom stereocenters. The fraction of sp³-hybridized carbons (Fsp3) is 1.00. The van der Waals surface area contributed by atoms with Crippen molar-refractivity contribution in [3.05, 3.63) is 0 Å². The van der Waals surface area contributed by atoms with Crippen molar-refractivity contribution in [1.29, 1.82) is 4.78 Å². The van der Waals surface area contributed by atoms with Crippen LogP contribution in [-0.2, 0) is 10.1 Å². The van der Waals surface area contributed by atoms with E-state index in [1.165, 1.54) is 0 Å². The molecule has 92 valence electrons. The van der Waals surface area contributed by atoms with Gasteiger partial charge in [0.15, 0.2) is 10.1 Å². The van der Waals surface area contributed by atoms with Gasteiger partial charge >= 0.3 is 0 Å². The lowest BCUT2D eigenvalue weighted by atomic mass is 10.3. The molecule has 1 heterocycles. The monoisotopic (exact) mass is 253 g/mol. The smallest absolute Gasteiger partial charge is 0.180 e. The number of hydrogen-bond acceptors (Lipinski definition) is 2. The third-order valence-corrected chi connectivity index (χ3v) is 9.76. The van der Waals surface area contributed by atoms with E-state index in [1.807, 2.05) is 0 Å². The zero-order valence-electron chi connectivity index (χ0n) is 10.3. The van der Waals surface area contributed by atoms with E-state index < -0.39 is 20.3 Å². The second-order valence-electron chi connectivity index (χ2n) is 5.33. The normalized spacial score (nSPS) is 24.3. The van der Waals surface area contributed by atoms with Crippen LogP contribution in [0.15, 0.2) is 0 Å². The Bertz CT molecular complexity index is 326. The van der Waals surface area contributed by atoms with Crippen LogP contribution in [0.3, 0.4) is 0 Å². The van der Waals surface area contributed by atoms with Crippen LogP contribution in [-0.4, -0.2) is 38.9 Å².